The standard InChI is InChI=1S/C32H40N6O6S4/c1-35-27(43)31(19-39)37(3)25(41)29(35,45-47-31)15-21-5-9-23(10-6-21)17-33-13-14-34-18-24-11-7-22(8-12-24)16-30-26(42)38(4)32(20-40,48-46-30)28(44)36(30)2/h5-12,33-34,39-40H,13-20H2,1-4H3/t29-,30-,31-,32-/m0/s1. The van der Waals surface area contributed by atoms with E-state index in [2.05, 4.69) is 10.6 Å². The van der Waals surface area contributed by atoms with Crippen LogP contribution in [0.4, 0.5) is 0 Å². The highest BCUT2D eigenvalue weighted by Gasteiger charge is 2.68. The number of carbonyl (C=O) groups excluding carboxylic acids is 4. The minimum Gasteiger partial charge on any atom is -0.392 e. The number of nitrogens with zero attached hydrogens (tertiary/aromatic N) is 4. The summed E-state index contributed by atoms with van der Waals surface area (Å²) in [6.45, 7) is 2.06. The van der Waals surface area contributed by atoms with Gasteiger partial charge in [0.2, 0.25) is 9.74 Å². The van der Waals surface area contributed by atoms with Gasteiger partial charge in [-0.3, -0.25) is 19.2 Å². The molecule has 0 spiro atoms. The summed E-state index contributed by atoms with van der Waals surface area (Å²) in [5.74, 6) is -0.851. The third-order valence-corrected chi connectivity index (χ3v) is 17.3. The van der Waals surface area contributed by atoms with Crippen LogP contribution in [0.5, 0.6) is 0 Å². The smallest absolute Gasteiger partial charge is 0.263 e. The van der Waals surface area contributed by atoms with E-state index < -0.39 is 32.7 Å². The van der Waals surface area contributed by atoms with E-state index in [9.17, 15) is 29.4 Å². The Labute approximate surface area is 295 Å². The Morgan fingerprint density at radius 3 is 1.10 bits per heavy atom. The molecule has 4 atom stereocenters. The van der Waals surface area contributed by atoms with E-state index in [0.29, 0.717) is 25.9 Å². The molecule has 6 fully saturated rings. The number of likely N-dealkylation sites (N-methyl/N-ethyl adjacent to an activating group) is 4. The lowest BCUT2D eigenvalue weighted by molar-refractivity contribution is -0.165. The van der Waals surface area contributed by atoms with E-state index in [-0.39, 0.29) is 23.6 Å². The fraction of sp³-hybridized carbons (Fsp3) is 0.500. The van der Waals surface area contributed by atoms with Gasteiger partial charge in [0.05, 0.1) is 13.2 Å². The Kier molecular flexibility index (Phi) is 9.85. The van der Waals surface area contributed by atoms with Gasteiger partial charge in [-0.15, -0.1) is 0 Å². The van der Waals surface area contributed by atoms with Gasteiger partial charge in [-0.1, -0.05) is 70.1 Å². The topological polar surface area (TPSA) is 146 Å². The van der Waals surface area contributed by atoms with Crippen molar-refractivity contribution in [1.29, 1.82) is 0 Å². The van der Waals surface area contributed by atoms with Gasteiger partial charge in [-0.25, -0.2) is 0 Å². The molecule has 6 heterocycles. The first-order valence-corrected chi connectivity index (χ1v) is 19.9. The molecular weight excluding hydrogens is 693 g/mol. The van der Waals surface area contributed by atoms with Crippen molar-refractivity contribution in [3.8, 4) is 0 Å². The highest BCUT2D eigenvalue weighted by molar-refractivity contribution is 8.78. The minimum atomic E-state index is -1.26. The fourth-order valence-electron chi connectivity index (χ4n) is 6.51. The van der Waals surface area contributed by atoms with Crippen LogP contribution in [-0.4, -0.2) is 127 Å². The summed E-state index contributed by atoms with van der Waals surface area (Å²) >= 11 is 0. The molecule has 12 nitrogen and oxygen atoms in total. The number of rotatable bonds is 13. The number of nitrogens with one attached hydrogen (secondary N) is 2. The molecule has 0 radical (unpaired) electrons. The van der Waals surface area contributed by atoms with Crippen molar-refractivity contribution in [2.24, 2.45) is 0 Å². The van der Waals surface area contributed by atoms with Crippen LogP contribution in [-0.2, 0) is 45.1 Å². The molecule has 0 saturated carbocycles. The lowest BCUT2D eigenvalue weighted by atomic mass is 9.97. The molecule has 2 aromatic rings. The van der Waals surface area contributed by atoms with Gasteiger partial charge >= 0.3 is 0 Å². The molecule has 0 unspecified atom stereocenters. The van der Waals surface area contributed by atoms with Crippen molar-refractivity contribution in [3.63, 3.8) is 0 Å². The Morgan fingerprint density at radius 1 is 0.500 bits per heavy atom. The molecule has 4 amide bonds. The van der Waals surface area contributed by atoms with E-state index in [1.54, 1.807) is 28.2 Å². The molecule has 8 rings (SSSR count). The summed E-state index contributed by atoms with van der Waals surface area (Å²) < 4.78 is 0. The average Bonchev–Trinajstić information content (AvgIpc) is 3.10. The number of piperazine rings is 2. The number of carbonyl (C=O) groups is 4. The third kappa shape index (κ3) is 5.43. The fourth-order valence-corrected chi connectivity index (χ4v) is 13.8. The van der Waals surface area contributed by atoms with Gasteiger partial charge < -0.3 is 40.4 Å². The van der Waals surface area contributed by atoms with Gasteiger partial charge in [0.1, 0.15) is 0 Å². The number of benzene rings is 2. The zero-order valence-corrected chi connectivity index (χ0v) is 30.5. The van der Waals surface area contributed by atoms with Crippen LogP contribution in [0.2, 0.25) is 0 Å². The number of hydrogen-bond acceptors (Lipinski definition) is 12. The van der Waals surface area contributed by atoms with Gasteiger partial charge in [0.15, 0.2) is 9.74 Å². The van der Waals surface area contributed by atoms with Crippen LogP contribution < -0.4 is 10.6 Å². The van der Waals surface area contributed by atoms with Crippen molar-refractivity contribution in [3.05, 3.63) is 70.8 Å². The molecule has 6 aliphatic rings. The Morgan fingerprint density at radius 2 is 0.771 bits per heavy atom. The Hall–Kier alpha value is -2.44. The lowest BCUT2D eigenvalue weighted by Crippen LogP contribution is -2.77. The van der Waals surface area contributed by atoms with E-state index >= 15 is 0 Å². The van der Waals surface area contributed by atoms with E-state index in [1.165, 1.54) is 62.8 Å². The first kappa shape index (κ1) is 35.4. The molecule has 4 bridgehead atoms. The maximum absolute atomic E-state index is 13.3. The van der Waals surface area contributed by atoms with Crippen LogP contribution >= 0.6 is 43.2 Å². The summed E-state index contributed by atoms with van der Waals surface area (Å²) in [4.78, 5) is 54.0. The van der Waals surface area contributed by atoms with Crippen molar-refractivity contribution < 1.29 is 29.4 Å². The molecule has 4 N–H and O–H groups in total. The van der Waals surface area contributed by atoms with E-state index in [4.69, 9.17) is 0 Å². The monoisotopic (exact) mass is 732 g/mol. The average molecular weight is 733 g/mol. The Bertz CT molecular complexity index is 1480. The van der Waals surface area contributed by atoms with Gasteiger partial charge in [0, 0.05) is 67.2 Å². The highest BCUT2D eigenvalue weighted by atomic mass is 33.1. The molecule has 258 valence electrons. The molecular formula is C32H40N6O6S4. The van der Waals surface area contributed by atoms with Crippen LogP contribution in [0.25, 0.3) is 0 Å². The highest BCUT2D eigenvalue weighted by Crippen LogP contribution is 2.60. The molecule has 6 saturated heterocycles. The van der Waals surface area contributed by atoms with Crippen LogP contribution in [0.1, 0.15) is 22.3 Å². The van der Waals surface area contributed by atoms with Crippen LogP contribution in [0.3, 0.4) is 0 Å². The quantitative estimate of drug-likeness (QED) is 0.173. The van der Waals surface area contributed by atoms with Gasteiger partial charge in [0.25, 0.3) is 23.6 Å². The molecule has 48 heavy (non-hydrogen) atoms. The van der Waals surface area contributed by atoms with Gasteiger partial charge in [-0.05, 0) is 43.8 Å². The summed E-state index contributed by atoms with van der Waals surface area (Å²) in [6.07, 6.45) is 0.763. The zero-order chi connectivity index (χ0) is 34.5. The number of aliphatic hydroxyl groups is 2. The van der Waals surface area contributed by atoms with Crippen LogP contribution in [0, 0.1) is 0 Å². The normalized spacial score (nSPS) is 29.9. The first-order chi connectivity index (χ1) is 22.9. The summed E-state index contributed by atoms with van der Waals surface area (Å²) in [7, 11) is 11.7. The SMILES string of the molecule is CN1C(=O)[C@]2(Cc3ccc(CNCCNCc4ccc(C[C@@]56SS[C@@](CO)(C(=O)N5C)N(C)C6=O)cc4)cc3)SS[C@@]1(CO)C(=O)N2C. The second-order valence-corrected chi connectivity index (χ2v) is 18.0. The number of aliphatic hydroxyl groups excluding tert-OH is 2. The molecule has 0 aliphatic carbocycles. The summed E-state index contributed by atoms with van der Waals surface area (Å²) in [6, 6.07) is 16.1. The predicted molar refractivity (Wildman–Crippen MR) is 190 cm³/mol. The number of fused-ring (bicyclic) bond motifs is 6. The largest absolute Gasteiger partial charge is 0.392 e. The Balaban J connectivity index is 0.942. The number of amides is 4. The van der Waals surface area contributed by atoms with Crippen LogP contribution in [0.15, 0.2) is 48.5 Å². The lowest BCUT2D eigenvalue weighted by Gasteiger charge is -2.58. The maximum atomic E-state index is 13.3. The second-order valence-electron chi connectivity index (χ2n) is 12.6. The zero-order valence-electron chi connectivity index (χ0n) is 27.2. The minimum absolute atomic E-state index is 0.173. The third-order valence-electron chi connectivity index (χ3n) is 9.86. The van der Waals surface area contributed by atoms with Crippen molar-refractivity contribution in [2.75, 3.05) is 54.5 Å². The van der Waals surface area contributed by atoms with E-state index in [0.717, 1.165) is 35.3 Å². The summed E-state index contributed by atoms with van der Waals surface area (Å²) in [5.41, 5.74) is 4.13. The van der Waals surface area contributed by atoms with Crippen molar-refractivity contribution >= 4 is 66.8 Å². The maximum Gasteiger partial charge on any atom is 0.263 e. The van der Waals surface area contributed by atoms with Gasteiger partial charge in [-0.2, -0.15) is 0 Å². The summed E-state index contributed by atoms with van der Waals surface area (Å²) in [5, 5.41) is 26.7. The van der Waals surface area contributed by atoms with Crippen molar-refractivity contribution in [2.45, 2.75) is 45.4 Å². The predicted octanol–water partition coefficient (Wildman–Crippen LogP) is 1.07. The molecule has 0 aromatic heterocycles. The van der Waals surface area contributed by atoms with Crippen molar-refractivity contribution in [1.82, 2.24) is 30.2 Å². The molecule has 2 aromatic carbocycles. The first-order valence-electron chi connectivity index (χ1n) is 15.6. The molecule has 6 aliphatic heterocycles. The number of hydrogen-bond donors (Lipinski definition) is 4. The molecule has 16 heteroatoms. The van der Waals surface area contributed by atoms with E-state index in [1.807, 2.05) is 48.5 Å². The second kappa shape index (κ2) is 13.4.